The van der Waals surface area contributed by atoms with Crippen molar-refractivity contribution >= 4 is 33.2 Å². The maximum Gasteiger partial charge on any atom is 0.374 e. The molecule has 3 heterocycles. The minimum absolute atomic E-state index is 0.0193. The van der Waals surface area contributed by atoms with Crippen molar-refractivity contribution in [1.82, 2.24) is 9.21 Å². The molecule has 3 rings (SSSR count). The van der Waals surface area contributed by atoms with Gasteiger partial charge in [0.25, 0.3) is 10.0 Å². The number of carbonyl (C=O) groups is 2. The molecule has 1 aliphatic rings. The van der Waals surface area contributed by atoms with Crippen LogP contribution in [0.3, 0.4) is 0 Å². The van der Waals surface area contributed by atoms with E-state index >= 15 is 0 Å². The van der Waals surface area contributed by atoms with Gasteiger partial charge >= 0.3 is 5.97 Å². The number of amides is 1. The molecule has 0 atom stereocenters. The molecule has 2 aromatic rings. The first-order chi connectivity index (χ1) is 13.4. The van der Waals surface area contributed by atoms with Crippen molar-refractivity contribution in [2.24, 2.45) is 0 Å². The van der Waals surface area contributed by atoms with Crippen LogP contribution in [0, 0.1) is 0 Å². The highest BCUT2D eigenvalue weighted by Gasteiger charge is 2.32. The van der Waals surface area contributed by atoms with E-state index in [0.717, 1.165) is 5.56 Å². The Hall–Kier alpha value is -2.17. The molecule has 1 aliphatic heterocycles. The van der Waals surface area contributed by atoms with E-state index in [0.29, 0.717) is 25.9 Å². The molecule has 0 spiro atoms. The molecule has 0 saturated carbocycles. The zero-order valence-electron chi connectivity index (χ0n) is 15.5. The van der Waals surface area contributed by atoms with Crippen molar-refractivity contribution in [2.75, 3.05) is 32.8 Å². The Kier molecular flexibility index (Phi) is 6.53. The number of rotatable bonds is 7. The normalized spacial score (nSPS) is 15.5. The lowest BCUT2D eigenvalue weighted by Gasteiger charge is -2.33. The number of piperazine rings is 1. The fourth-order valence-corrected chi connectivity index (χ4v) is 4.96. The smallest absolute Gasteiger partial charge is 0.374 e. The van der Waals surface area contributed by atoms with Gasteiger partial charge in [-0.3, -0.25) is 4.79 Å². The molecule has 0 N–H and O–H groups in total. The standard InChI is InChI=1S/C18H22N2O6S2/c1-2-25-18(22)15-4-6-17(26-15)28(23,24)20-10-8-19(9-11-20)16(21)5-3-14-7-12-27-13-14/h4,6-7,12-13H,2-3,5,8-11H2,1H3. The highest BCUT2D eigenvalue weighted by Crippen LogP contribution is 2.21. The quantitative estimate of drug-likeness (QED) is 0.628. The molecule has 152 valence electrons. The number of sulfonamides is 1. The summed E-state index contributed by atoms with van der Waals surface area (Å²) in [4.78, 5) is 25.7. The van der Waals surface area contributed by atoms with E-state index in [1.54, 1.807) is 23.2 Å². The maximum absolute atomic E-state index is 12.7. The summed E-state index contributed by atoms with van der Waals surface area (Å²) in [5, 5.41) is 3.70. The molecule has 1 amide bonds. The molecule has 1 fully saturated rings. The van der Waals surface area contributed by atoms with Gasteiger partial charge in [0.05, 0.1) is 6.61 Å². The van der Waals surface area contributed by atoms with E-state index in [2.05, 4.69) is 0 Å². The molecule has 0 aliphatic carbocycles. The number of nitrogens with zero attached hydrogens (tertiary/aromatic N) is 2. The molecule has 10 heteroatoms. The van der Waals surface area contributed by atoms with Crippen LogP contribution >= 0.6 is 11.3 Å². The van der Waals surface area contributed by atoms with Gasteiger partial charge in [-0.05, 0) is 47.9 Å². The summed E-state index contributed by atoms with van der Waals surface area (Å²) < 4.78 is 36.7. The predicted molar refractivity (Wildman–Crippen MR) is 103 cm³/mol. The molecule has 28 heavy (non-hydrogen) atoms. The van der Waals surface area contributed by atoms with Gasteiger partial charge in [0, 0.05) is 32.6 Å². The zero-order chi connectivity index (χ0) is 20.1. The average Bonchev–Trinajstić information content (AvgIpc) is 3.38. The zero-order valence-corrected chi connectivity index (χ0v) is 17.1. The fourth-order valence-electron chi connectivity index (χ4n) is 2.92. The number of carbonyl (C=O) groups excluding carboxylic acids is 2. The van der Waals surface area contributed by atoms with E-state index in [9.17, 15) is 18.0 Å². The average molecular weight is 427 g/mol. The summed E-state index contributed by atoms with van der Waals surface area (Å²) in [7, 11) is -3.86. The first-order valence-electron chi connectivity index (χ1n) is 8.97. The second-order valence-corrected chi connectivity index (χ2v) is 8.90. The minimum Gasteiger partial charge on any atom is -0.460 e. The monoisotopic (exact) mass is 426 g/mol. The van der Waals surface area contributed by atoms with Gasteiger partial charge in [0.1, 0.15) is 0 Å². The second-order valence-electron chi connectivity index (χ2n) is 6.26. The van der Waals surface area contributed by atoms with Crippen molar-refractivity contribution in [3.05, 3.63) is 40.3 Å². The first-order valence-corrected chi connectivity index (χ1v) is 11.4. The van der Waals surface area contributed by atoms with Crippen LogP contribution in [0.4, 0.5) is 0 Å². The van der Waals surface area contributed by atoms with Gasteiger partial charge in [-0.1, -0.05) is 0 Å². The topological polar surface area (TPSA) is 97.1 Å². The van der Waals surface area contributed by atoms with Crippen LogP contribution in [-0.2, 0) is 26.0 Å². The summed E-state index contributed by atoms with van der Waals surface area (Å²) >= 11 is 1.60. The van der Waals surface area contributed by atoms with Gasteiger partial charge in [-0.2, -0.15) is 15.6 Å². The molecule has 1 saturated heterocycles. The van der Waals surface area contributed by atoms with Crippen LogP contribution in [-0.4, -0.2) is 62.3 Å². The van der Waals surface area contributed by atoms with Crippen LogP contribution in [0.2, 0.25) is 0 Å². The second kappa shape index (κ2) is 8.89. The Balaban J connectivity index is 1.56. The van der Waals surface area contributed by atoms with Crippen molar-refractivity contribution in [3.63, 3.8) is 0 Å². The number of hydrogen-bond acceptors (Lipinski definition) is 7. The van der Waals surface area contributed by atoms with E-state index < -0.39 is 16.0 Å². The maximum atomic E-state index is 12.7. The summed E-state index contributed by atoms with van der Waals surface area (Å²) in [6.07, 6.45) is 1.09. The third-order valence-electron chi connectivity index (χ3n) is 4.45. The van der Waals surface area contributed by atoms with Crippen molar-refractivity contribution in [3.8, 4) is 0 Å². The minimum atomic E-state index is -3.86. The Labute approximate surface area is 167 Å². The Morgan fingerprint density at radius 1 is 1.18 bits per heavy atom. The summed E-state index contributed by atoms with van der Waals surface area (Å²) in [6.45, 7) is 2.84. The van der Waals surface area contributed by atoms with Crippen molar-refractivity contribution in [2.45, 2.75) is 24.9 Å². The Morgan fingerprint density at radius 3 is 2.57 bits per heavy atom. The van der Waals surface area contributed by atoms with Gasteiger partial charge < -0.3 is 14.1 Å². The third-order valence-corrected chi connectivity index (χ3v) is 6.96. The largest absolute Gasteiger partial charge is 0.460 e. The van der Waals surface area contributed by atoms with Crippen LogP contribution in [0.25, 0.3) is 0 Å². The lowest BCUT2D eigenvalue weighted by molar-refractivity contribution is -0.132. The molecule has 2 aromatic heterocycles. The molecule has 0 radical (unpaired) electrons. The number of esters is 1. The Morgan fingerprint density at radius 2 is 1.93 bits per heavy atom. The van der Waals surface area contributed by atoms with Crippen LogP contribution in [0.5, 0.6) is 0 Å². The van der Waals surface area contributed by atoms with E-state index in [1.165, 1.54) is 16.4 Å². The van der Waals surface area contributed by atoms with Gasteiger partial charge in [-0.25, -0.2) is 13.2 Å². The van der Waals surface area contributed by atoms with Crippen LogP contribution in [0.15, 0.2) is 38.5 Å². The van der Waals surface area contributed by atoms with Crippen LogP contribution in [0.1, 0.15) is 29.5 Å². The van der Waals surface area contributed by atoms with E-state index in [-0.39, 0.29) is 36.5 Å². The van der Waals surface area contributed by atoms with E-state index in [1.807, 2.05) is 16.8 Å². The van der Waals surface area contributed by atoms with E-state index in [4.69, 9.17) is 9.15 Å². The predicted octanol–water partition coefficient (Wildman–Crippen LogP) is 1.98. The van der Waals surface area contributed by atoms with Crippen LogP contribution < -0.4 is 0 Å². The molecule has 0 aromatic carbocycles. The van der Waals surface area contributed by atoms with Gasteiger partial charge in [0.2, 0.25) is 16.8 Å². The summed E-state index contributed by atoms with van der Waals surface area (Å²) in [5.74, 6) is -0.835. The number of aryl methyl sites for hydroxylation is 1. The number of furan rings is 1. The van der Waals surface area contributed by atoms with Crippen molar-refractivity contribution in [1.29, 1.82) is 0 Å². The number of thiophene rings is 1. The van der Waals surface area contributed by atoms with Gasteiger partial charge in [-0.15, -0.1) is 0 Å². The lowest BCUT2D eigenvalue weighted by atomic mass is 10.1. The molecule has 0 unspecified atom stereocenters. The third kappa shape index (κ3) is 4.62. The molecular weight excluding hydrogens is 404 g/mol. The first kappa shape index (κ1) is 20.6. The lowest BCUT2D eigenvalue weighted by Crippen LogP contribution is -2.50. The highest BCUT2D eigenvalue weighted by molar-refractivity contribution is 7.89. The molecule has 8 nitrogen and oxygen atoms in total. The number of ether oxygens (including phenoxy) is 1. The molecular formula is C18H22N2O6S2. The molecule has 0 bridgehead atoms. The highest BCUT2D eigenvalue weighted by atomic mass is 32.2. The summed E-state index contributed by atoms with van der Waals surface area (Å²) in [5.41, 5.74) is 1.13. The van der Waals surface area contributed by atoms with Crippen molar-refractivity contribution < 1.29 is 27.2 Å². The SMILES string of the molecule is CCOC(=O)c1ccc(S(=O)(=O)N2CCN(C(=O)CCc3ccsc3)CC2)o1. The Bertz CT molecular complexity index is 912. The van der Waals surface area contributed by atoms with Gasteiger partial charge in [0.15, 0.2) is 0 Å². The summed E-state index contributed by atoms with van der Waals surface area (Å²) in [6, 6.07) is 4.53. The fraction of sp³-hybridized carbons (Fsp3) is 0.444. The number of hydrogen-bond donors (Lipinski definition) is 0.